The molecule has 1 saturated heterocycles. The van der Waals surface area contributed by atoms with E-state index in [4.69, 9.17) is 4.74 Å². The molecule has 1 aromatic carbocycles. The van der Waals surface area contributed by atoms with Crippen LogP contribution in [-0.4, -0.2) is 37.1 Å². The summed E-state index contributed by atoms with van der Waals surface area (Å²) < 4.78 is 18.7. The Morgan fingerprint density at radius 3 is 2.75 bits per heavy atom. The average molecular weight is 335 g/mol. The van der Waals surface area contributed by atoms with E-state index in [2.05, 4.69) is 6.92 Å². The van der Waals surface area contributed by atoms with Gasteiger partial charge in [0.15, 0.2) is 0 Å². The van der Waals surface area contributed by atoms with Crippen LogP contribution in [0.5, 0.6) is 0 Å². The molecule has 2 rings (SSSR count). The van der Waals surface area contributed by atoms with Gasteiger partial charge in [0.1, 0.15) is 5.82 Å². The summed E-state index contributed by atoms with van der Waals surface area (Å²) in [5.41, 5.74) is 1.06. The standard InChI is InChI=1S/C20H30FNO2/c1-3-6-18(17-8-10-19(21)11-9-17)13-20(23)22-12-5-7-16(14-22)15-24-4-2/h8-11,16,18H,3-7,12-15H2,1-2H3. The van der Waals surface area contributed by atoms with Gasteiger partial charge in [0.05, 0.1) is 6.61 Å². The highest BCUT2D eigenvalue weighted by molar-refractivity contribution is 5.77. The van der Waals surface area contributed by atoms with Crippen molar-refractivity contribution in [2.75, 3.05) is 26.3 Å². The molecule has 134 valence electrons. The number of amides is 1. The summed E-state index contributed by atoms with van der Waals surface area (Å²) in [4.78, 5) is 14.8. The van der Waals surface area contributed by atoms with E-state index in [1.54, 1.807) is 0 Å². The molecular formula is C20H30FNO2. The van der Waals surface area contributed by atoms with E-state index in [-0.39, 0.29) is 17.6 Å². The minimum Gasteiger partial charge on any atom is -0.381 e. The SMILES string of the molecule is CCCC(CC(=O)N1CCCC(COCC)C1)c1ccc(F)cc1. The van der Waals surface area contributed by atoms with Gasteiger partial charge in [0.2, 0.25) is 5.91 Å². The molecule has 1 amide bonds. The minimum atomic E-state index is -0.227. The third kappa shape index (κ3) is 5.59. The van der Waals surface area contributed by atoms with E-state index in [9.17, 15) is 9.18 Å². The molecule has 1 aliphatic rings. The molecule has 4 heteroatoms. The number of benzene rings is 1. The molecule has 1 aliphatic heterocycles. The van der Waals surface area contributed by atoms with Gasteiger partial charge in [-0.25, -0.2) is 4.39 Å². The van der Waals surface area contributed by atoms with Crippen LogP contribution >= 0.6 is 0 Å². The second kappa shape index (κ2) is 9.77. The van der Waals surface area contributed by atoms with Gasteiger partial charge in [-0.1, -0.05) is 25.5 Å². The van der Waals surface area contributed by atoms with E-state index >= 15 is 0 Å². The average Bonchev–Trinajstić information content (AvgIpc) is 2.60. The highest BCUT2D eigenvalue weighted by Gasteiger charge is 2.26. The Kier molecular flexibility index (Phi) is 7.70. The molecule has 1 aromatic rings. The summed E-state index contributed by atoms with van der Waals surface area (Å²) in [5, 5.41) is 0. The van der Waals surface area contributed by atoms with Crippen LogP contribution in [0.2, 0.25) is 0 Å². The largest absolute Gasteiger partial charge is 0.381 e. The molecule has 1 heterocycles. The van der Waals surface area contributed by atoms with Crippen molar-refractivity contribution in [3.05, 3.63) is 35.6 Å². The van der Waals surface area contributed by atoms with Crippen LogP contribution in [0.3, 0.4) is 0 Å². The smallest absolute Gasteiger partial charge is 0.223 e. The van der Waals surface area contributed by atoms with Gasteiger partial charge < -0.3 is 9.64 Å². The monoisotopic (exact) mass is 335 g/mol. The Morgan fingerprint density at radius 1 is 1.33 bits per heavy atom. The molecule has 1 fully saturated rings. The van der Waals surface area contributed by atoms with Crippen LogP contribution in [0, 0.1) is 11.7 Å². The second-order valence-corrected chi connectivity index (χ2v) is 6.75. The molecule has 0 aromatic heterocycles. The summed E-state index contributed by atoms with van der Waals surface area (Å²) in [6.07, 6.45) is 4.68. The lowest BCUT2D eigenvalue weighted by Gasteiger charge is -2.33. The van der Waals surface area contributed by atoms with Crippen molar-refractivity contribution in [2.45, 2.75) is 51.9 Å². The summed E-state index contributed by atoms with van der Waals surface area (Å²) in [7, 11) is 0. The number of hydrogen-bond donors (Lipinski definition) is 0. The van der Waals surface area contributed by atoms with E-state index in [1.807, 2.05) is 24.0 Å². The first kappa shape index (κ1) is 18.9. The Labute approximate surface area is 145 Å². The number of piperidine rings is 1. The fraction of sp³-hybridized carbons (Fsp3) is 0.650. The molecule has 3 nitrogen and oxygen atoms in total. The first-order chi connectivity index (χ1) is 11.6. The molecular weight excluding hydrogens is 305 g/mol. The van der Waals surface area contributed by atoms with Gasteiger partial charge in [-0.15, -0.1) is 0 Å². The predicted octanol–water partition coefficient (Wildman–Crippen LogP) is 4.37. The van der Waals surface area contributed by atoms with Crippen molar-refractivity contribution in [2.24, 2.45) is 5.92 Å². The van der Waals surface area contributed by atoms with Gasteiger partial charge in [-0.2, -0.15) is 0 Å². The van der Waals surface area contributed by atoms with Crippen molar-refractivity contribution in [3.8, 4) is 0 Å². The number of rotatable bonds is 8. The molecule has 2 atom stereocenters. The second-order valence-electron chi connectivity index (χ2n) is 6.75. The number of carbonyl (C=O) groups excluding carboxylic acids is 1. The van der Waals surface area contributed by atoms with Crippen molar-refractivity contribution in [3.63, 3.8) is 0 Å². The zero-order valence-corrected chi connectivity index (χ0v) is 15.0. The number of hydrogen-bond acceptors (Lipinski definition) is 2. The molecule has 0 saturated carbocycles. The fourth-order valence-corrected chi connectivity index (χ4v) is 3.52. The summed E-state index contributed by atoms with van der Waals surface area (Å²) in [6, 6.07) is 6.61. The van der Waals surface area contributed by atoms with Crippen molar-refractivity contribution in [1.82, 2.24) is 4.90 Å². The number of nitrogens with zero attached hydrogens (tertiary/aromatic N) is 1. The lowest BCUT2D eigenvalue weighted by Crippen LogP contribution is -2.41. The van der Waals surface area contributed by atoms with Crippen molar-refractivity contribution < 1.29 is 13.9 Å². The van der Waals surface area contributed by atoms with Crippen LogP contribution in [-0.2, 0) is 9.53 Å². The Hall–Kier alpha value is -1.42. The maximum Gasteiger partial charge on any atom is 0.223 e. The third-order valence-corrected chi connectivity index (χ3v) is 4.83. The maximum atomic E-state index is 13.1. The molecule has 24 heavy (non-hydrogen) atoms. The Balaban J connectivity index is 1.95. The minimum absolute atomic E-state index is 0.176. The number of ether oxygens (including phenoxy) is 1. The molecule has 0 N–H and O–H groups in total. The molecule has 0 bridgehead atoms. The summed E-state index contributed by atoms with van der Waals surface area (Å²) in [6.45, 7) is 7.26. The van der Waals surface area contributed by atoms with Crippen LogP contribution in [0.25, 0.3) is 0 Å². The predicted molar refractivity (Wildman–Crippen MR) is 94.5 cm³/mol. The summed E-state index contributed by atoms with van der Waals surface area (Å²) >= 11 is 0. The van der Waals surface area contributed by atoms with E-state index in [1.165, 1.54) is 12.1 Å². The fourth-order valence-electron chi connectivity index (χ4n) is 3.52. The molecule has 2 unspecified atom stereocenters. The Bertz CT molecular complexity index is 503. The summed E-state index contributed by atoms with van der Waals surface area (Å²) in [5.74, 6) is 0.627. The van der Waals surface area contributed by atoms with Crippen LogP contribution < -0.4 is 0 Å². The molecule has 0 aliphatic carbocycles. The maximum absolute atomic E-state index is 13.1. The zero-order valence-electron chi connectivity index (χ0n) is 15.0. The number of carbonyl (C=O) groups is 1. The highest BCUT2D eigenvalue weighted by Crippen LogP contribution is 2.27. The van der Waals surface area contributed by atoms with Gasteiger partial charge in [0, 0.05) is 26.1 Å². The zero-order chi connectivity index (χ0) is 17.4. The highest BCUT2D eigenvalue weighted by atomic mass is 19.1. The quantitative estimate of drug-likeness (QED) is 0.706. The van der Waals surface area contributed by atoms with Gasteiger partial charge in [-0.3, -0.25) is 4.79 Å². The van der Waals surface area contributed by atoms with E-state index in [0.29, 0.717) is 12.3 Å². The lowest BCUT2D eigenvalue weighted by molar-refractivity contribution is -0.134. The molecule has 0 radical (unpaired) electrons. The van der Waals surface area contributed by atoms with Gasteiger partial charge in [0.25, 0.3) is 0 Å². The van der Waals surface area contributed by atoms with Gasteiger partial charge in [-0.05, 0) is 55.7 Å². The van der Waals surface area contributed by atoms with Crippen molar-refractivity contribution >= 4 is 5.91 Å². The first-order valence-corrected chi connectivity index (χ1v) is 9.25. The topological polar surface area (TPSA) is 29.5 Å². The van der Waals surface area contributed by atoms with Crippen LogP contribution in [0.15, 0.2) is 24.3 Å². The molecule has 0 spiro atoms. The van der Waals surface area contributed by atoms with Crippen LogP contribution in [0.4, 0.5) is 4.39 Å². The van der Waals surface area contributed by atoms with E-state index < -0.39 is 0 Å². The lowest BCUT2D eigenvalue weighted by atomic mass is 9.90. The van der Waals surface area contributed by atoms with Gasteiger partial charge >= 0.3 is 0 Å². The number of likely N-dealkylation sites (tertiary alicyclic amines) is 1. The van der Waals surface area contributed by atoms with Crippen LogP contribution in [0.1, 0.15) is 57.4 Å². The normalized spacial score (nSPS) is 19.3. The third-order valence-electron chi connectivity index (χ3n) is 4.83. The van der Waals surface area contributed by atoms with E-state index in [0.717, 1.165) is 57.6 Å². The van der Waals surface area contributed by atoms with Crippen molar-refractivity contribution in [1.29, 1.82) is 0 Å². The Morgan fingerprint density at radius 2 is 2.08 bits per heavy atom. The number of halogens is 1. The first-order valence-electron chi connectivity index (χ1n) is 9.25.